The van der Waals surface area contributed by atoms with Crippen LogP contribution in [0.1, 0.15) is 6.42 Å². The van der Waals surface area contributed by atoms with Crippen molar-refractivity contribution in [2.45, 2.75) is 6.42 Å². The highest BCUT2D eigenvalue weighted by Gasteiger charge is 2.09. The SMILES string of the molecule is [CH2]CCOc1ccc(-c2cc(-c3ccc(F)cc3)no2)cc1. The molecule has 0 aliphatic rings. The molecule has 0 atom stereocenters. The normalized spacial score (nSPS) is 10.6. The largest absolute Gasteiger partial charge is 0.494 e. The molecular formula is C18H15FNO2. The lowest BCUT2D eigenvalue weighted by Gasteiger charge is -2.04. The zero-order valence-corrected chi connectivity index (χ0v) is 12.0. The smallest absolute Gasteiger partial charge is 0.167 e. The lowest BCUT2D eigenvalue weighted by atomic mass is 10.1. The minimum Gasteiger partial charge on any atom is -0.494 e. The Kier molecular flexibility index (Phi) is 4.19. The van der Waals surface area contributed by atoms with Crippen LogP contribution in [0.5, 0.6) is 5.75 Å². The maximum Gasteiger partial charge on any atom is 0.167 e. The average molecular weight is 296 g/mol. The molecule has 22 heavy (non-hydrogen) atoms. The highest BCUT2D eigenvalue weighted by atomic mass is 19.1. The molecular weight excluding hydrogens is 281 g/mol. The van der Waals surface area contributed by atoms with E-state index in [0.29, 0.717) is 18.1 Å². The second kappa shape index (κ2) is 6.43. The van der Waals surface area contributed by atoms with Crippen LogP contribution in [0, 0.1) is 12.7 Å². The molecule has 3 aromatic rings. The van der Waals surface area contributed by atoms with Gasteiger partial charge in [0.2, 0.25) is 0 Å². The summed E-state index contributed by atoms with van der Waals surface area (Å²) in [5, 5.41) is 4.03. The lowest BCUT2D eigenvalue weighted by Crippen LogP contribution is -1.94. The van der Waals surface area contributed by atoms with E-state index >= 15 is 0 Å². The third-order valence-corrected chi connectivity index (χ3v) is 3.20. The average Bonchev–Trinajstić information content (AvgIpc) is 3.04. The van der Waals surface area contributed by atoms with E-state index in [4.69, 9.17) is 9.26 Å². The molecule has 0 bridgehead atoms. The number of hydrogen-bond acceptors (Lipinski definition) is 3. The van der Waals surface area contributed by atoms with Crippen molar-refractivity contribution in [2.75, 3.05) is 6.61 Å². The molecule has 3 rings (SSSR count). The summed E-state index contributed by atoms with van der Waals surface area (Å²) in [5.41, 5.74) is 2.39. The van der Waals surface area contributed by atoms with E-state index in [2.05, 4.69) is 12.1 Å². The van der Waals surface area contributed by atoms with Gasteiger partial charge in [-0.2, -0.15) is 0 Å². The number of hydrogen-bond donors (Lipinski definition) is 0. The van der Waals surface area contributed by atoms with Crippen LogP contribution in [-0.4, -0.2) is 11.8 Å². The third kappa shape index (κ3) is 3.17. The number of rotatable bonds is 5. The molecule has 4 heteroatoms. The van der Waals surface area contributed by atoms with Gasteiger partial charge in [0.15, 0.2) is 5.76 Å². The zero-order chi connectivity index (χ0) is 15.4. The first-order chi connectivity index (χ1) is 10.8. The number of ether oxygens (including phenoxy) is 1. The molecule has 3 nitrogen and oxygen atoms in total. The van der Waals surface area contributed by atoms with Gasteiger partial charge in [-0.3, -0.25) is 0 Å². The summed E-state index contributed by atoms with van der Waals surface area (Å²) in [4.78, 5) is 0. The first-order valence-electron chi connectivity index (χ1n) is 7.01. The van der Waals surface area contributed by atoms with E-state index in [9.17, 15) is 4.39 Å². The van der Waals surface area contributed by atoms with Crippen LogP contribution in [0.4, 0.5) is 4.39 Å². The first kappa shape index (κ1) is 14.3. The fourth-order valence-corrected chi connectivity index (χ4v) is 2.07. The number of halogens is 1. The molecule has 0 unspecified atom stereocenters. The fraction of sp³-hybridized carbons (Fsp3) is 0.111. The fourth-order valence-electron chi connectivity index (χ4n) is 2.07. The van der Waals surface area contributed by atoms with Gasteiger partial charge in [0.05, 0.1) is 6.61 Å². The molecule has 1 heterocycles. The molecule has 0 spiro atoms. The van der Waals surface area contributed by atoms with Crippen LogP contribution in [0.3, 0.4) is 0 Å². The molecule has 111 valence electrons. The highest BCUT2D eigenvalue weighted by molar-refractivity contribution is 5.66. The van der Waals surface area contributed by atoms with Gasteiger partial charge in [-0.15, -0.1) is 0 Å². The highest BCUT2D eigenvalue weighted by Crippen LogP contribution is 2.27. The molecule has 0 saturated carbocycles. The summed E-state index contributed by atoms with van der Waals surface area (Å²) in [5.74, 6) is 1.18. The van der Waals surface area contributed by atoms with Crippen molar-refractivity contribution in [2.24, 2.45) is 0 Å². The van der Waals surface area contributed by atoms with Crippen LogP contribution in [0.25, 0.3) is 22.6 Å². The Morgan fingerprint density at radius 3 is 2.36 bits per heavy atom. The quantitative estimate of drug-likeness (QED) is 0.681. The van der Waals surface area contributed by atoms with E-state index in [1.165, 1.54) is 12.1 Å². The molecule has 0 fully saturated rings. The van der Waals surface area contributed by atoms with Crippen LogP contribution < -0.4 is 4.74 Å². The van der Waals surface area contributed by atoms with Crippen molar-refractivity contribution in [1.29, 1.82) is 0 Å². The molecule has 0 aliphatic carbocycles. The van der Waals surface area contributed by atoms with E-state index in [1.54, 1.807) is 12.1 Å². The van der Waals surface area contributed by atoms with Gasteiger partial charge >= 0.3 is 0 Å². The molecule has 1 aromatic heterocycles. The summed E-state index contributed by atoms with van der Waals surface area (Å²) in [6, 6.07) is 15.6. The standard InChI is InChI=1S/C18H15FNO2/c1-2-11-21-16-9-5-14(6-10-16)18-12-17(20-22-18)13-3-7-15(19)8-4-13/h3-10,12H,1-2,11H2. The van der Waals surface area contributed by atoms with Crippen LogP contribution >= 0.6 is 0 Å². The molecule has 0 N–H and O–H groups in total. The Morgan fingerprint density at radius 1 is 1.00 bits per heavy atom. The van der Waals surface area contributed by atoms with Crippen LogP contribution in [-0.2, 0) is 0 Å². The minimum absolute atomic E-state index is 0.273. The maximum atomic E-state index is 12.9. The van der Waals surface area contributed by atoms with Crippen molar-refractivity contribution in [3.05, 3.63) is 67.3 Å². The van der Waals surface area contributed by atoms with Crippen LogP contribution in [0.2, 0.25) is 0 Å². The monoisotopic (exact) mass is 296 g/mol. The second-order valence-electron chi connectivity index (χ2n) is 4.81. The van der Waals surface area contributed by atoms with Gasteiger partial charge in [0.25, 0.3) is 0 Å². The van der Waals surface area contributed by atoms with E-state index in [0.717, 1.165) is 23.3 Å². The van der Waals surface area contributed by atoms with Gasteiger partial charge in [-0.25, -0.2) is 4.39 Å². The Labute approximate surface area is 128 Å². The number of aromatic nitrogens is 1. The second-order valence-corrected chi connectivity index (χ2v) is 4.81. The molecule has 2 aromatic carbocycles. The summed E-state index contributed by atoms with van der Waals surface area (Å²) in [7, 11) is 0. The van der Waals surface area contributed by atoms with Crippen LogP contribution in [0.15, 0.2) is 59.1 Å². The van der Waals surface area contributed by atoms with E-state index in [1.807, 2.05) is 30.3 Å². The van der Waals surface area contributed by atoms with E-state index < -0.39 is 0 Å². The summed E-state index contributed by atoms with van der Waals surface area (Å²) >= 11 is 0. The number of benzene rings is 2. The zero-order valence-electron chi connectivity index (χ0n) is 12.0. The summed E-state index contributed by atoms with van der Waals surface area (Å²) < 4.78 is 23.8. The summed E-state index contributed by atoms with van der Waals surface area (Å²) in [6.07, 6.45) is 0.727. The Balaban J connectivity index is 1.79. The lowest BCUT2D eigenvalue weighted by molar-refractivity contribution is 0.324. The Morgan fingerprint density at radius 2 is 1.68 bits per heavy atom. The summed E-state index contributed by atoms with van der Waals surface area (Å²) in [6.45, 7) is 4.32. The van der Waals surface area contributed by atoms with E-state index in [-0.39, 0.29) is 5.82 Å². The number of nitrogens with zero attached hydrogens (tertiary/aromatic N) is 1. The van der Waals surface area contributed by atoms with Gasteiger partial charge in [0.1, 0.15) is 17.3 Å². The topological polar surface area (TPSA) is 35.3 Å². The molecule has 0 saturated heterocycles. The Hall–Kier alpha value is -2.62. The predicted molar refractivity (Wildman–Crippen MR) is 82.8 cm³/mol. The van der Waals surface area contributed by atoms with Gasteiger partial charge in [-0.05, 0) is 61.9 Å². The van der Waals surface area contributed by atoms with Crippen molar-refractivity contribution >= 4 is 0 Å². The molecule has 0 aliphatic heterocycles. The van der Waals surface area contributed by atoms with Crippen molar-refractivity contribution in [1.82, 2.24) is 5.16 Å². The minimum atomic E-state index is -0.273. The van der Waals surface area contributed by atoms with Crippen molar-refractivity contribution in [3.63, 3.8) is 0 Å². The Bertz CT molecular complexity index is 733. The molecule has 1 radical (unpaired) electrons. The van der Waals surface area contributed by atoms with Gasteiger partial charge in [-0.1, -0.05) is 5.16 Å². The van der Waals surface area contributed by atoms with Crippen molar-refractivity contribution < 1.29 is 13.7 Å². The third-order valence-electron chi connectivity index (χ3n) is 3.20. The van der Waals surface area contributed by atoms with Crippen molar-refractivity contribution in [3.8, 4) is 28.3 Å². The van der Waals surface area contributed by atoms with Gasteiger partial charge in [0, 0.05) is 17.2 Å². The predicted octanol–water partition coefficient (Wildman–Crippen LogP) is 4.75. The molecule has 0 amide bonds. The van der Waals surface area contributed by atoms with Gasteiger partial charge < -0.3 is 9.26 Å². The maximum absolute atomic E-state index is 12.9. The first-order valence-corrected chi connectivity index (χ1v) is 7.01.